The summed E-state index contributed by atoms with van der Waals surface area (Å²) in [5.74, 6) is 0.439. The predicted octanol–water partition coefficient (Wildman–Crippen LogP) is 4.17. The molecule has 2 heterocycles. The molecule has 0 aliphatic carbocycles. The van der Waals surface area contributed by atoms with Gasteiger partial charge >= 0.3 is 0 Å². The summed E-state index contributed by atoms with van der Waals surface area (Å²) in [6.07, 6.45) is 1.63. The summed E-state index contributed by atoms with van der Waals surface area (Å²) in [5, 5.41) is 2.95. The van der Waals surface area contributed by atoms with Gasteiger partial charge in [0.1, 0.15) is 17.7 Å². The number of nitrogens with zero attached hydrogens (tertiary/aromatic N) is 2. The summed E-state index contributed by atoms with van der Waals surface area (Å²) in [7, 11) is 0. The van der Waals surface area contributed by atoms with Crippen LogP contribution in [-0.2, 0) is 17.9 Å². The summed E-state index contributed by atoms with van der Waals surface area (Å²) in [6, 6.07) is 18.4. The van der Waals surface area contributed by atoms with Gasteiger partial charge in [0.25, 0.3) is 0 Å². The molecule has 1 aliphatic rings. The van der Waals surface area contributed by atoms with Crippen molar-refractivity contribution < 1.29 is 13.9 Å². The zero-order valence-corrected chi connectivity index (χ0v) is 17.6. The molecule has 0 bridgehead atoms. The van der Waals surface area contributed by atoms with Gasteiger partial charge in [-0.1, -0.05) is 42.5 Å². The van der Waals surface area contributed by atoms with Gasteiger partial charge in [0.05, 0.1) is 12.2 Å². The van der Waals surface area contributed by atoms with Crippen LogP contribution in [0.15, 0.2) is 66.9 Å². The van der Waals surface area contributed by atoms with Crippen molar-refractivity contribution in [1.82, 2.24) is 15.2 Å². The zero-order chi connectivity index (χ0) is 21.6. The van der Waals surface area contributed by atoms with Crippen molar-refractivity contribution in [2.24, 2.45) is 0 Å². The zero-order valence-electron chi connectivity index (χ0n) is 17.6. The van der Waals surface area contributed by atoms with Crippen molar-refractivity contribution in [3.8, 4) is 5.75 Å². The second-order valence-electron chi connectivity index (χ2n) is 7.76. The average molecular weight is 420 g/mol. The lowest BCUT2D eigenvalue weighted by molar-refractivity contribution is -0.121. The van der Waals surface area contributed by atoms with Gasteiger partial charge in [-0.2, -0.15) is 0 Å². The number of fused-ring (bicyclic) bond motifs is 1. The molecule has 1 N–H and O–H groups in total. The summed E-state index contributed by atoms with van der Waals surface area (Å²) in [4.78, 5) is 18.9. The van der Waals surface area contributed by atoms with Crippen LogP contribution in [0.5, 0.6) is 5.75 Å². The lowest BCUT2D eigenvalue weighted by Crippen LogP contribution is -2.33. The molecular weight excluding hydrogens is 393 g/mol. The molecule has 1 aromatic heterocycles. The van der Waals surface area contributed by atoms with Gasteiger partial charge in [0.15, 0.2) is 0 Å². The highest BCUT2D eigenvalue weighted by Crippen LogP contribution is 2.32. The lowest BCUT2D eigenvalue weighted by Gasteiger charge is -2.24. The molecule has 0 saturated heterocycles. The molecule has 3 aromatic rings. The second kappa shape index (κ2) is 9.71. The molecule has 4 rings (SSSR count). The first kappa shape index (κ1) is 21.0. The van der Waals surface area contributed by atoms with E-state index in [0.717, 1.165) is 22.6 Å². The van der Waals surface area contributed by atoms with Crippen LogP contribution in [0.4, 0.5) is 4.39 Å². The Kier molecular flexibility index (Phi) is 6.57. The molecule has 0 saturated carbocycles. The molecule has 6 heteroatoms. The Labute approximate surface area is 181 Å². The monoisotopic (exact) mass is 419 g/mol. The van der Waals surface area contributed by atoms with Crippen LogP contribution in [0.1, 0.15) is 34.9 Å². The second-order valence-corrected chi connectivity index (χ2v) is 7.76. The summed E-state index contributed by atoms with van der Waals surface area (Å²) in [5.41, 5.74) is 3.48. The number of aromatic nitrogens is 1. The molecule has 2 aromatic carbocycles. The smallest absolute Gasteiger partial charge is 0.221 e. The standard InChI is InChI=1S/C25H26FN3O2/c1-18-7-6-13-27-22(18)15-28-25(30)12-14-29-16-19-8-2-5-11-23(19)31-24(17-29)20-9-3-4-10-21(20)26/h2-11,13,24H,12,14-17H2,1H3,(H,28,30)/t24-/m0/s1. The average Bonchev–Trinajstić information content (AvgIpc) is 2.96. The molecule has 0 spiro atoms. The minimum absolute atomic E-state index is 0.0362. The van der Waals surface area contributed by atoms with Gasteiger partial charge in [0, 0.05) is 43.4 Å². The number of hydrogen-bond donors (Lipinski definition) is 1. The van der Waals surface area contributed by atoms with E-state index in [0.29, 0.717) is 38.2 Å². The molecular formula is C25H26FN3O2. The van der Waals surface area contributed by atoms with Crippen LogP contribution in [0.2, 0.25) is 0 Å². The van der Waals surface area contributed by atoms with E-state index in [1.807, 2.05) is 49.4 Å². The number of benzene rings is 2. The van der Waals surface area contributed by atoms with E-state index in [1.165, 1.54) is 6.07 Å². The number of amides is 1. The Morgan fingerprint density at radius 2 is 1.97 bits per heavy atom. The molecule has 0 radical (unpaired) electrons. The first-order valence-corrected chi connectivity index (χ1v) is 10.5. The van der Waals surface area contributed by atoms with Gasteiger partial charge in [-0.25, -0.2) is 4.39 Å². The largest absolute Gasteiger partial charge is 0.484 e. The molecule has 0 unspecified atom stereocenters. The molecule has 1 aliphatic heterocycles. The van der Waals surface area contributed by atoms with Crippen molar-refractivity contribution >= 4 is 5.91 Å². The number of pyridine rings is 1. The van der Waals surface area contributed by atoms with Gasteiger partial charge in [-0.05, 0) is 30.7 Å². The van der Waals surface area contributed by atoms with Crippen LogP contribution < -0.4 is 10.1 Å². The molecule has 1 atom stereocenters. The number of halogens is 1. The minimum atomic E-state index is -0.441. The third-order valence-corrected chi connectivity index (χ3v) is 5.54. The molecule has 0 fully saturated rings. The number of hydrogen-bond acceptors (Lipinski definition) is 4. The highest BCUT2D eigenvalue weighted by molar-refractivity contribution is 5.76. The molecule has 160 valence electrons. The Morgan fingerprint density at radius 3 is 2.81 bits per heavy atom. The van der Waals surface area contributed by atoms with Gasteiger partial charge in [-0.15, -0.1) is 0 Å². The van der Waals surface area contributed by atoms with Gasteiger partial charge < -0.3 is 10.1 Å². The van der Waals surface area contributed by atoms with E-state index in [2.05, 4.69) is 15.2 Å². The maximum absolute atomic E-state index is 14.4. The van der Waals surface area contributed by atoms with Crippen LogP contribution >= 0.6 is 0 Å². The minimum Gasteiger partial charge on any atom is -0.484 e. The fraction of sp³-hybridized carbons (Fsp3) is 0.280. The lowest BCUT2D eigenvalue weighted by atomic mass is 10.1. The number of nitrogens with one attached hydrogen (secondary N) is 1. The van der Waals surface area contributed by atoms with Crippen LogP contribution in [0.3, 0.4) is 0 Å². The summed E-state index contributed by atoms with van der Waals surface area (Å²) in [6.45, 7) is 4.09. The van der Waals surface area contributed by atoms with E-state index in [-0.39, 0.29) is 11.7 Å². The SMILES string of the molecule is Cc1cccnc1CNC(=O)CCN1Cc2ccccc2O[C@H](c2ccccc2F)C1. The Bertz CT molecular complexity index is 1060. The van der Waals surface area contributed by atoms with Crippen molar-refractivity contribution in [2.45, 2.75) is 32.5 Å². The number of carbonyl (C=O) groups excluding carboxylic acids is 1. The maximum atomic E-state index is 14.4. The third-order valence-electron chi connectivity index (χ3n) is 5.54. The number of ether oxygens (including phenoxy) is 1. The molecule has 5 nitrogen and oxygen atoms in total. The normalized spacial score (nSPS) is 16.1. The van der Waals surface area contributed by atoms with Crippen molar-refractivity contribution in [3.63, 3.8) is 0 Å². The quantitative estimate of drug-likeness (QED) is 0.652. The number of carbonyl (C=O) groups is 1. The van der Waals surface area contributed by atoms with Gasteiger partial charge in [0.2, 0.25) is 5.91 Å². The maximum Gasteiger partial charge on any atom is 0.221 e. The summed E-state index contributed by atoms with van der Waals surface area (Å²) >= 11 is 0. The highest BCUT2D eigenvalue weighted by atomic mass is 19.1. The van der Waals surface area contributed by atoms with Gasteiger partial charge in [-0.3, -0.25) is 14.7 Å². The Hall–Kier alpha value is -3.25. The van der Waals surface area contributed by atoms with Crippen LogP contribution in [-0.4, -0.2) is 28.9 Å². The van der Waals surface area contributed by atoms with Crippen LogP contribution in [0.25, 0.3) is 0 Å². The van der Waals surface area contributed by atoms with Crippen molar-refractivity contribution in [1.29, 1.82) is 0 Å². The van der Waals surface area contributed by atoms with Crippen LogP contribution in [0, 0.1) is 12.7 Å². The highest BCUT2D eigenvalue weighted by Gasteiger charge is 2.26. The van der Waals surface area contributed by atoms with E-state index in [9.17, 15) is 9.18 Å². The Balaban J connectivity index is 1.42. The van der Waals surface area contributed by atoms with Crippen molar-refractivity contribution in [3.05, 3.63) is 95.1 Å². The predicted molar refractivity (Wildman–Crippen MR) is 117 cm³/mol. The topological polar surface area (TPSA) is 54.5 Å². The number of aryl methyl sites for hydroxylation is 1. The third kappa shape index (κ3) is 5.27. The number of rotatable bonds is 6. The van der Waals surface area contributed by atoms with Crippen molar-refractivity contribution in [2.75, 3.05) is 13.1 Å². The Morgan fingerprint density at radius 1 is 1.16 bits per heavy atom. The first-order chi connectivity index (χ1) is 15.1. The summed E-state index contributed by atoms with van der Waals surface area (Å²) < 4.78 is 20.6. The molecule has 31 heavy (non-hydrogen) atoms. The number of para-hydroxylation sites is 1. The van der Waals surface area contributed by atoms with E-state index >= 15 is 0 Å². The molecule has 1 amide bonds. The van der Waals surface area contributed by atoms with E-state index < -0.39 is 6.10 Å². The fourth-order valence-corrected chi connectivity index (χ4v) is 3.78. The fourth-order valence-electron chi connectivity index (χ4n) is 3.78. The van der Waals surface area contributed by atoms with E-state index in [1.54, 1.807) is 18.3 Å². The van der Waals surface area contributed by atoms with E-state index in [4.69, 9.17) is 4.74 Å². The first-order valence-electron chi connectivity index (χ1n) is 10.5.